The molecule has 0 spiro atoms. The first-order chi connectivity index (χ1) is 7.54. The third-order valence-electron chi connectivity index (χ3n) is 2.38. The van der Waals surface area contributed by atoms with Crippen LogP contribution in [-0.4, -0.2) is 48.2 Å². The van der Waals surface area contributed by atoms with Gasteiger partial charge in [-0.1, -0.05) is 30.1 Å². The van der Waals surface area contributed by atoms with E-state index in [1.807, 2.05) is 13.8 Å². The van der Waals surface area contributed by atoms with E-state index in [0.29, 0.717) is 32.2 Å². The third-order valence-corrected chi connectivity index (χ3v) is 2.76. The Bertz CT molecular complexity index is 230. The van der Waals surface area contributed by atoms with Crippen molar-refractivity contribution in [3.63, 3.8) is 0 Å². The van der Waals surface area contributed by atoms with Gasteiger partial charge in [-0.3, -0.25) is 4.79 Å². The fourth-order valence-electron chi connectivity index (χ4n) is 1.44. The lowest BCUT2D eigenvalue weighted by atomic mass is 10.2. The van der Waals surface area contributed by atoms with Crippen molar-refractivity contribution in [2.24, 2.45) is 5.92 Å². The smallest absolute Gasteiger partial charge is 0.256 e. The predicted molar refractivity (Wildman–Crippen MR) is 62.6 cm³/mol. The molecule has 1 fully saturated rings. The van der Waals surface area contributed by atoms with Gasteiger partial charge in [0.15, 0.2) is 11.1 Å². The van der Waals surface area contributed by atoms with Crippen LogP contribution in [0.15, 0.2) is 0 Å². The minimum absolute atomic E-state index is 0.309. The Labute approximate surface area is 106 Å². The molecule has 4 nitrogen and oxygen atoms in total. The molecule has 1 aliphatic heterocycles. The van der Waals surface area contributed by atoms with Gasteiger partial charge in [0, 0.05) is 12.5 Å². The van der Waals surface area contributed by atoms with Gasteiger partial charge in [-0.15, -0.1) is 0 Å². The Kier molecular flexibility index (Phi) is 5.83. The van der Waals surface area contributed by atoms with Gasteiger partial charge >= 0.3 is 0 Å². The molecular weight excluding hydrogens is 253 g/mol. The molecule has 0 saturated carbocycles. The average molecular weight is 270 g/mol. The summed E-state index contributed by atoms with van der Waals surface area (Å²) < 4.78 is 10.9. The molecule has 16 heavy (non-hydrogen) atoms. The van der Waals surface area contributed by atoms with Gasteiger partial charge in [-0.05, 0) is 6.92 Å². The number of rotatable bonds is 4. The molecule has 1 amide bonds. The molecule has 1 aliphatic rings. The zero-order valence-electron chi connectivity index (χ0n) is 9.49. The van der Waals surface area contributed by atoms with Gasteiger partial charge in [-0.2, -0.15) is 0 Å². The number of likely N-dealkylation sites (N-methyl/N-ethyl adjacent to an activating group) is 1. The summed E-state index contributed by atoms with van der Waals surface area (Å²) in [7, 11) is 0. The van der Waals surface area contributed by atoms with E-state index in [1.54, 1.807) is 0 Å². The maximum absolute atomic E-state index is 11.6. The minimum Gasteiger partial charge on any atom is -0.350 e. The molecule has 0 atom stereocenters. The lowest BCUT2D eigenvalue weighted by Crippen LogP contribution is -2.44. The number of hydrogen-bond acceptors (Lipinski definition) is 3. The van der Waals surface area contributed by atoms with E-state index in [9.17, 15) is 4.79 Å². The van der Waals surface area contributed by atoms with E-state index in [2.05, 4.69) is 0 Å². The third kappa shape index (κ3) is 4.09. The van der Waals surface area contributed by atoms with Gasteiger partial charge in [0.1, 0.15) is 0 Å². The number of nitrogens with zero attached hydrogens (tertiary/aromatic N) is 1. The monoisotopic (exact) mass is 269 g/mol. The molecule has 0 aliphatic carbocycles. The second kappa shape index (κ2) is 6.64. The molecule has 94 valence electrons. The topological polar surface area (TPSA) is 38.8 Å². The molecule has 1 heterocycles. The van der Waals surface area contributed by atoms with Crippen LogP contribution in [0.1, 0.15) is 13.8 Å². The zero-order chi connectivity index (χ0) is 12.1. The first-order valence-corrected chi connectivity index (χ1v) is 6.22. The Morgan fingerprint density at radius 2 is 2.00 bits per heavy atom. The molecule has 0 radical (unpaired) electrons. The molecule has 1 rings (SSSR count). The quantitative estimate of drug-likeness (QED) is 0.729. The Morgan fingerprint density at radius 3 is 2.44 bits per heavy atom. The van der Waals surface area contributed by atoms with Crippen molar-refractivity contribution in [2.45, 2.75) is 25.0 Å². The first-order valence-electron chi connectivity index (χ1n) is 5.34. The first kappa shape index (κ1) is 14.0. The Hall–Kier alpha value is -0.0300. The van der Waals surface area contributed by atoms with Crippen molar-refractivity contribution in [1.29, 1.82) is 0 Å². The summed E-state index contributed by atoms with van der Waals surface area (Å²) in [5.74, 6) is 0.0903. The molecule has 0 bridgehead atoms. The molecule has 0 aromatic heterocycles. The van der Waals surface area contributed by atoms with Gasteiger partial charge in [-0.25, -0.2) is 0 Å². The normalized spacial score (nSPS) is 25.8. The maximum atomic E-state index is 11.6. The van der Waals surface area contributed by atoms with E-state index in [1.165, 1.54) is 4.90 Å². The summed E-state index contributed by atoms with van der Waals surface area (Å²) in [4.78, 5) is 12.1. The molecule has 0 aromatic carbocycles. The number of ether oxygens (including phenoxy) is 2. The van der Waals surface area contributed by atoms with Crippen LogP contribution in [-0.2, 0) is 14.3 Å². The summed E-state index contributed by atoms with van der Waals surface area (Å²) in [6, 6.07) is 0. The fourth-order valence-corrected chi connectivity index (χ4v) is 1.71. The second-order valence-corrected chi connectivity index (χ2v) is 4.98. The van der Waals surface area contributed by atoms with E-state index in [4.69, 9.17) is 32.7 Å². The number of amides is 1. The largest absolute Gasteiger partial charge is 0.350 e. The van der Waals surface area contributed by atoms with Crippen molar-refractivity contribution < 1.29 is 14.3 Å². The van der Waals surface area contributed by atoms with E-state index < -0.39 is 4.84 Å². The van der Waals surface area contributed by atoms with Gasteiger partial charge in [0.05, 0.1) is 19.8 Å². The van der Waals surface area contributed by atoms with E-state index in [-0.39, 0.29) is 12.2 Å². The lowest BCUT2D eigenvalue weighted by Gasteiger charge is -2.31. The number of halogens is 2. The van der Waals surface area contributed by atoms with Crippen LogP contribution >= 0.6 is 23.2 Å². The van der Waals surface area contributed by atoms with Gasteiger partial charge in [0.2, 0.25) is 0 Å². The van der Waals surface area contributed by atoms with Crippen LogP contribution < -0.4 is 0 Å². The van der Waals surface area contributed by atoms with E-state index >= 15 is 0 Å². The van der Waals surface area contributed by atoms with Crippen LogP contribution in [0.3, 0.4) is 0 Å². The predicted octanol–water partition coefficient (Wildman–Crippen LogP) is 1.65. The summed E-state index contributed by atoms with van der Waals surface area (Å²) in [6.07, 6.45) is -0.368. The second-order valence-electron chi connectivity index (χ2n) is 3.88. The molecule has 0 aromatic rings. The average Bonchev–Trinajstić information content (AvgIpc) is 2.27. The van der Waals surface area contributed by atoms with Crippen molar-refractivity contribution in [3.05, 3.63) is 0 Å². The molecular formula is C10H17Cl2NO3. The summed E-state index contributed by atoms with van der Waals surface area (Å²) >= 11 is 11.1. The number of alkyl halides is 2. The van der Waals surface area contributed by atoms with Crippen LogP contribution in [0.5, 0.6) is 0 Å². The molecule has 0 N–H and O–H groups in total. The van der Waals surface area contributed by atoms with Gasteiger partial charge < -0.3 is 14.4 Å². The van der Waals surface area contributed by atoms with Crippen LogP contribution in [0.2, 0.25) is 0 Å². The minimum atomic E-state index is -1.03. The molecule has 6 heteroatoms. The summed E-state index contributed by atoms with van der Waals surface area (Å²) in [5.41, 5.74) is 0. The number of carbonyl (C=O) groups excluding carboxylic acids is 1. The van der Waals surface area contributed by atoms with Crippen LogP contribution in [0.25, 0.3) is 0 Å². The van der Waals surface area contributed by atoms with E-state index in [0.717, 1.165) is 0 Å². The lowest BCUT2D eigenvalue weighted by molar-refractivity contribution is -0.205. The molecule has 0 unspecified atom stereocenters. The SMILES string of the molecule is CCN(CC1OCC(C)CO1)C(=O)C(Cl)Cl. The van der Waals surface area contributed by atoms with Crippen molar-refractivity contribution >= 4 is 29.1 Å². The van der Waals surface area contributed by atoms with Crippen molar-refractivity contribution in [1.82, 2.24) is 4.90 Å². The highest BCUT2D eigenvalue weighted by Crippen LogP contribution is 2.13. The molecule has 1 saturated heterocycles. The summed E-state index contributed by atoms with van der Waals surface area (Å²) in [6.45, 7) is 6.13. The fraction of sp³-hybridized carbons (Fsp3) is 0.900. The standard InChI is InChI=1S/C10H17Cl2NO3/c1-3-13(10(14)9(11)12)4-8-15-5-7(2)6-16-8/h7-9H,3-6H2,1-2H3. The Morgan fingerprint density at radius 1 is 1.44 bits per heavy atom. The Balaban J connectivity index is 2.41. The van der Waals surface area contributed by atoms with Crippen molar-refractivity contribution in [2.75, 3.05) is 26.3 Å². The zero-order valence-corrected chi connectivity index (χ0v) is 11.0. The number of carbonyl (C=O) groups is 1. The highest BCUT2D eigenvalue weighted by molar-refractivity contribution is 6.53. The van der Waals surface area contributed by atoms with Gasteiger partial charge in [0.25, 0.3) is 5.91 Å². The maximum Gasteiger partial charge on any atom is 0.256 e. The van der Waals surface area contributed by atoms with Crippen LogP contribution in [0, 0.1) is 5.92 Å². The highest BCUT2D eigenvalue weighted by atomic mass is 35.5. The number of hydrogen-bond donors (Lipinski definition) is 0. The summed E-state index contributed by atoms with van der Waals surface area (Å²) in [5, 5.41) is 0. The van der Waals surface area contributed by atoms with Crippen molar-refractivity contribution in [3.8, 4) is 0 Å². The highest BCUT2D eigenvalue weighted by Gasteiger charge is 2.25. The van der Waals surface area contributed by atoms with Crippen LogP contribution in [0.4, 0.5) is 0 Å².